The summed E-state index contributed by atoms with van der Waals surface area (Å²) in [6.07, 6.45) is 0. The minimum Gasteiger partial charge on any atom is -0.456 e. The van der Waals surface area contributed by atoms with E-state index in [1.807, 2.05) is 30.3 Å². The average Bonchev–Trinajstić information content (AvgIpc) is 3.94. The molecule has 0 aliphatic heterocycles. The molecular weight excluding hydrogens is 699 g/mol. The fourth-order valence-corrected chi connectivity index (χ4v) is 8.60. The molecule has 4 heterocycles. The zero-order valence-electron chi connectivity index (χ0n) is 30.5. The molecule has 0 saturated carbocycles. The monoisotopic (exact) mass is 729 g/mol. The van der Waals surface area contributed by atoms with E-state index < -0.39 is 0 Å². The third-order valence-corrected chi connectivity index (χ3v) is 11.2. The zero-order valence-corrected chi connectivity index (χ0v) is 30.5. The second-order valence-electron chi connectivity index (χ2n) is 14.4. The van der Waals surface area contributed by atoms with Gasteiger partial charge in [-0.1, -0.05) is 140 Å². The van der Waals surface area contributed by atoms with Crippen molar-refractivity contribution in [3.63, 3.8) is 0 Å². The summed E-state index contributed by atoms with van der Waals surface area (Å²) in [5, 5.41) is 6.70. The van der Waals surface area contributed by atoms with Crippen molar-refractivity contribution in [2.75, 3.05) is 0 Å². The maximum absolute atomic E-state index is 6.35. The minimum atomic E-state index is 0.544. The fraction of sp³-hybridized carbons (Fsp3) is 0. The van der Waals surface area contributed by atoms with Crippen LogP contribution in [-0.4, -0.2) is 24.1 Å². The van der Waals surface area contributed by atoms with Gasteiger partial charge in [-0.05, 0) is 59.7 Å². The van der Waals surface area contributed by atoms with Crippen LogP contribution in [0.25, 0.3) is 111 Å². The van der Waals surface area contributed by atoms with E-state index in [0.717, 1.165) is 93.5 Å². The van der Waals surface area contributed by atoms with Gasteiger partial charge in [0.2, 0.25) is 5.95 Å². The van der Waals surface area contributed by atoms with Crippen LogP contribution in [0.15, 0.2) is 192 Å². The maximum atomic E-state index is 6.35. The largest absolute Gasteiger partial charge is 0.456 e. The topological polar surface area (TPSA) is 61.7 Å². The van der Waals surface area contributed by atoms with Crippen LogP contribution in [0.1, 0.15) is 0 Å². The summed E-state index contributed by atoms with van der Waals surface area (Å²) in [7, 11) is 0. The fourth-order valence-electron chi connectivity index (χ4n) is 8.60. The number of benzene rings is 8. The molecule has 6 heteroatoms. The molecule has 0 saturated heterocycles. The number of para-hydroxylation sites is 4. The molecule has 0 aliphatic rings. The zero-order chi connectivity index (χ0) is 37.5. The Balaban J connectivity index is 1.16. The predicted octanol–water partition coefficient (Wildman–Crippen LogP) is 13.0. The summed E-state index contributed by atoms with van der Waals surface area (Å²) in [6, 6.07) is 65.5. The molecule has 0 N–H and O–H groups in total. The number of aromatic nitrogens is 5. The molecule has 8 aromatic carbocycles. The first-order valence-corrected chi connectivity index (χ1v) is 19.1. The Morgan fingerprint density at radius 2 is 0.912 bits per heavy atom. The maximum Gasteiger partial charge on any atom is 0.238 e. The van der Waals surface area contributed by atoms with Gasteiger partial charge in [-0.25, -0.2) is 4.98 Å². The van der Waals surface area contributed by atoms with Crippen LogP contribution in [-0.2, 0) is 0 Å². The number of fused-ring (bicyclic) bond motifs is 10. The van der Waals surface area contributed by atoms with Crippen LogP contribution >= 0.6 is 0 Å². The molecule has 0 radical (unpaired) electrons. The van der Waals surface area contributed by atoms with Crippen molar-refractivity contribution < 1.29 is 4.42 Å². The highest BCUT2D eigenvalue weighted by molar-refractivity contribution is 6.26. The van der Waals surface area contributed by atoms with Crippen LogP contribution in [0, 0.1) is 0 Å². The van der Waals surface area contributed by atoms with E-state index in [0.29, 0.717) is 17.6 Å². The summed E-state index contributed by atoms with van der Waals surface area (Å²) in [5.41, 5.74) is 11.1. The van der Waals surface area contributed by atoms with E-state index in [1.165, 1.54) is 0 Å². The first-order chi connectivity index (χ1) is 28.3. The van der Waals surface area contributed by atoms with E-state index in [-0.39, 0.29) is 0 Å². The van der Waals surface area contributed by atoms with E-state index >= 15 is 0 Å². The second-order valence-corrected chi connectivity index (χ2v) is 14.4. The molecule has 0 aliphatic carbocycles. The van der Waals surface area contributed by atoms with Crippen molar-refractivity contribution in [1.82, 2.24) is 24.1 Å². The lowest BCUT2D eigenvalue weighted by Crippen LogP contribution is -2.06. The Morgan fingerprint density at radius 1 is 0.351 bits per heavy atom. The van der Waals surface area contributed by atoms with Crippen molar-refractivity contribution >= 4 is 65.6 Å². The van der Waals surface area contributed by atoms with E-state index in [1.54, 1.807) is 0 Å². The van der Waals surface area contributed by atoms with Crippen LogP contribution in [0.2, 0.25) is 0 Å². The molecule has 0 bridgehead atoms. The number of hydrogen-bond acceptors (Lipinski definition) is 4. The molecule has 0 fully saturated rings. The molecular formula is C51H31N5O. The highest BCUT2D eigenvalue weighted by Crippen LogP contribution is 2.42. The Bertz CT molecular complexity index is 3510. The van der Waals surface area contributed by atoms with Crippen molar-refractivity contribution in [3.05, 3.63) is 188 Å². The number of nitrogens with zero attached hydrogens (tertiary/aromatic N) is 5. The molecule has 57 heavy (non-hydrogen) atoms. The summed E-state index contributed by atoms with van der Waals surface area (Å²) in [5.74, 6) is 1.69. The van der Waals surface area contributed by atoms with E-state index in [2.05, 4.69) is 167 Å². The Labute approximate surface area is 326 Å². The Morgan fingerprint density at radius 3 is 1.70 bits per heavy atom. The van der Waals surface area contributed by atoms with E-state index in [9.17, 15) is 0 Å². The number of hydrogen-bond donors (Lipinski definition) is 0. The first-order valence-electron chi connectivity index (χ1n) is 19.1. The van der Waals surface area contributed by atoms with Gasteiger partial charge >= 0.3 is 0 Å². The molecule has 0 amide bonds. The van der Waals surface area contributed by atoms with Crippen LogP contribution in [0.4, 0.5) is 0 Å². The van der Waals surface area contributed by atoms with Crippen molar-refractivity contribution in [2.24, 2.45) is 0 Å². The summed E-state index contributed by atoms with van der Waals surface area (Å²) in [4.78, 5) is 15.9. The average molecular weight is 730 g/mol. The van der Waals surface area contributed by atoms with Gasteiger partial charge < -0.3 is 8.98 Å². The van der Waals surface area contributed by atoms with Crippen LogP contribution in [0.3, 0.4) is 0 Å². The summed E-state index contributed by atoms with van der Waals surface area (Å²) in [6.45, 7) is 0. The molecule has 12 aromatic rings. The van der Waals surface area contributed by atoms with E-state index in [4.69, 9.17) is 19.4 Å². The van der Waals surface area contributed by atoms with Crippen LogP contribution in [0.5, 0.6) is 0 Å². The van der Waals surface area contributed by atoms with Gasteiger partial charge in [0.15, 0.2) is 11.6 Å². The second kappa shape index (κ2) is 12.3. The molecule has 0 unspecified atom stereocenters. The predicted molar refractivity (Wildman–Crippen MR) is 232 cm³/mol. The minimum absolute atomic E-state index is 0.544. The smallest absolute Gasteiger partial charge is 0.238 e. The number of furan rings is 1. The standard InChI is InChI=1S/C51H31N5O/c1-3-13-32(14-4-1)33-23-25-34(26-24-33)49-52-50(35-27-28-39-38-18-9-12-22-45(38)57-46(39)31-35)54-51(53-49)56-42-20-10-7-17-37(42)40-29-30-44-47(48(40)56)41-19-8-11-21-43(41)55(44)36-15-5-2-6-16-36/h1-31H. The molecule has 12 rings (SSSR count). The molecule has 6 nitrogen and oxygen atoms in total. The summed E-state index contributed by atoms with van der Waals surface area (Å²) >= 11 is 0. The summed E-state index contributed by atoms with van der Waals surface area (Å²) < 4.78 is 10.9. The lowest BCUT2D eigenvalue weighted by Gasteiger charge is -2.12. The van der Waals surface area contributed by atoms with Gasteiger partial charge in [0.25, 0.3) is 0 Å². The Kier molecular flexibility index (Phi) is 6.83. The van der Waals surface area contributed by atoms with Crippen molar-refractivity contribution in [3.8, 4) is 45.5 Å². The van der Waals surface area contributed by atoms with Gasteiger partial charge in [-0.2, -0.15) is 9.97 Å². The normalized spacial score (nSPS) is 11.9. The van der Waals surface area contributed by atoms with Gasteiger partial charge in [-0.3, -0.25) is 4.57 Å². The van der Waals surface area contributed by atoms with Crippen LogP contribution < -0.4 is 0 Å². The lowest BCUT2D eigenvalue weighted by atomic mass is 10.0. The highest BCUT2D eigenvalue weighted by atomic mass is 16.3. The van der Waals surface area contributed by atoms with Crippen molar-refractivity contribution in [1.29, 1.82) is 0 Å². The van der Waals surface area contributed by atoms with Gasteiger partial charge in [0.05, 0.1) is 22.1 Å². The van der Waals surface area contributed by atoms with Gasteiger partial charge in [0, 0.05) is 49.1 Å². The third kappa shape index (κ3) is 4.87. The quantitative estimate of drug-likeness (QED) is 0.177. The highest BCUT2D eigenvalue weighted by Gasteiger charge is 2.23. The Hall–Kier alpha value is -7.83. The SMILES string of the molecule is c1ccc(-c2ccc(-c3nc(-c4ccc5c(c4)oc4ccccc45)nc(-n4c5ccccc5c5ccc6c(c7ccccc7n6-c6ccccc6)c54)n3)cc2)cc1. The molecule has 0 spiro atoms. The third-order valence-electron chi connectivity index (χ3n) is 11.2. The first kappa shape index (κ1) is 31.5. The number of rotatable bonds is 5. The van der Waals surface area contributed by atoms with Gasteiger partial charge in [0.1, 0.15) is 11.2 Å². The molecule has 4 aromatic heterocycles. The molecule has 0 atom stereocenters. The van der Waals surface area contributed by atoms with Gasteiger partial charge in [-0.15, -0.1) is 0 Å². The lowest BCUT2D eigenvalue weighted by molar-refractivity contribution is 0.669. The van der Waals surface area contributed by atoms with Crippen molar-refractivity contribution in [2.45, 2.75) is 0 Å². The molecule has 266 valence electrons.